The van der Waals surface area contributed by atoms with Crippen LogP contribution in [-0.2, 0) is 0 Å². The highest BCUT2D eigenvalue weighted by atomic mass is 32.1. The van der Waals surface area contributed by atoms with Crippen LogP contribution in [0.2, 0.25) is 0 Å². The number of benzene rings is 3. The fraction of sp³-hybridized carbons (Fsp3) is 0.0526. The van der Waals surface area contributed by atoms with Crippen molar-refractivity contribution in [3.05, 3.63) is 66.2 Å². The second-order valence-electron chi connectivity index (χ2n) is 5.34. The molecule has 1 aromatic heterocycles. The summed E-state index contributed by atoms with van der Waals surface area (Å²) in [5, 5.41) is 12.3. The van der Waals surface area contributed by atoms with E-state index in [2.05, 4.69) is 35.3 Å². The van der Waals surface area contributed by atoms with Crippen LogP contribution in [0, 0.1) is 0 Å². The lowest BCUT2D eigenvalue weighted by molar-refractivity contribution is 0.0904. The Morgan fingerprint density at radius 2 is 1.83 bits per heavy atom. The molecule has 0 amide bonds. The van der Waals surface area contributed by atoms with E-state index in [9.17, 15) is 4.79 Å². The molecule has 4 heteroatoms. The van der Waals surface area contributed by atoms with Crippen molar-refractivity contribution >= 4 is 38.1 Å². The van der Waals surface area contributed by atoms with Crippen LogP contribution in [-0.4, -0.2) is 22.5 Å². The summed E-state index contributed by atoms with van der Waals surface area (Å²) in [5.41, 5.74) is 2.46. The molecule has 1 heterocycles. The van der Waals surface area contributed by atoms with E-state index in [1.165, 1.54) is 10.8 Å². The molecule has 0 aliphatic carbocycles. The van der Waals surface area contributed by atoms with E-state index in [4.69, 9.17) is 5.11 Å². The molecule has 0 radical (unpaired) electrons. The topological polar surface area (TPSA) is 50.2 Å². The van der Waals surface area contributed by atoms with Gasteiger partial charge in [-0.05, 0) is 35.0 Å². The Hall–Kier alpha value is -2.56. The van der Waals surface area contributed by atoms with Crippen molar-refractivity contribution in [2.75, 3.05) is 6.61 Å². The van der Waals surface area contributed by atoms with Crippen LogP contribution in [0.4, 0.5) is 0 Å². The van der Waals surface area contributed by atoms with Gasteiger partial charge in [0.1, 0.15) is 11.6 Å². The summed E-state index contributed by atoms with van der Waals surface area (Å²) in [7, 11) is 0. The molecule has 0 spiro atoms. The minimum atomic E-state index is -0.470. The van der Waals surface area contributed by atoms with Gasteiger partial charge in [0, 0.05) is 11.1 Å². The molecule has 0 aliphatic heterocycles. The highest BCUT2D eigenvalue weighted by molar-refractivity contribution is 7.21. The Labute approximate surface area is 136 Å². The summed E-state index contributed by atoms with van der Waals surface area (Å²) in [5.74, 6) is -0.271. The van der Waals surface area contributed by atoms with Gasteiger partial charge in [0.05, 0.1) is 10.2 Å². The molecule has 4 aromatic rings. The lowest BCUT2D eigenvalue weighted by Crippen LogP contribution is -2.03. The quantitative estimate of drug-likeness (QED) is 0.573. The molecule has 23 heavy (non-hydrogen) atoms. The number of aromatic nitrogens is 1. The Morgan fingerprint density at radius 1 is 1.00 bits per heavy atom. The van der Waals surface area contributed by atoms with Crippen LogP contribution >= 0.6 is 11.3 Å². The molecule has 0 unspecified atom stereocenters. The molecule has 0 saturated carbocycles. The first-order chi connectivity index (χ1) is 11.2. The van der Waals surface area contributed by atoms with Gasteiger partial charge in [-0.25, -0.2) is 4.98 Å². The summed E-state index contributed by atoms with van der Waals surface area (Å²) in [6.45, 7) is -0.470. The molecule has 0 atom stereocenters. The predicted octanol–water partition coefficient (Wildman–Crippen LogP) is 4.29. The maximum absolute atomic E-state index is 11.6. The monoisotopic (exact) mass is 319 g/mol. The molecule has 1 N–H and O–H groups in total. The number of aliphatic hydroxyl groups excluding tert-OH is 1. The smallest absolute Gasteiger partial charge is 0.188 e. The number of thiazole rings is 1. The minimum Gasteiger partial charge on any atom is -0.388 e. The molecule has 0 saturated heterocycles. The van der Waals surface area contributed by atoms with E-state index in [1.54, 1.807) is 23.5 Å². The van der Waals surface area contributed by atoms with Crippen LogP contribution in [0.3, 0.4) is 0 Å². The number of Topliss-reactive ketones (excluding diaryl/α,β-unsaturated/α-hetero) is 1. The van der Waals surface area contributed by atoms with Gasteiger partial charge in [-0.2, -0.15) is 0 Å². The first-order valence-corrected chi connectivity index (χ1v) is 8.10. The minimum absolute atomic E-state index is 0.271. The Morgan fingerprint density at radius 3 is 2.65 bits per heavy atom. The number of carbonyl (C=O) groups excluding carboxylic acids is 1. The largest absolute Gasteiger partial charge is 0.388 e. The number of nitrogens with zero attached hydrogens (tertiary/aromatic N) is 1. The molecule has 0 bridgehead atoms. The fourth-order valence-corrected chi connectivity index (χ4v) is 3.64. The van der Waals surface area contributed by atoms with Gasteiger partial charge in [-0.1, -0.05) is 36.4 Å². The third-order valence-corrected chi connectivity index (χ3v) is 4.92. The number of ketones is 1. The average molecular weight is 319 g/mol. The first-order valence-electron chi connectivity index (χ1n) is 7.28. The number of rotatable bonds is 3. The second-order valence-corrected chi connectivity index (χ2v) is 6.38. The van der Waals surface area contributed by atoms with E-state index in [1.807, 2.05) is 18.2 Å². The second kappa shape index (κ2) is 5.57. The molecule has 4 rings (SSSR count). The summed E-state index contributed by atoms with van der Waals surface area (Å²) in [6.07, 6.45) is 0. The zero-order valence-corrected chi connectivity index (χ0v) is 13.0. The Bertz CT molecular complexity index is 1040. The van der Waals surface area contributed by atoms with Gasteiger partial charge >= 0.3 is 0 Å². The molecule has 112 valence electrons. The number of hydrogen-bond donors (Lipinski definition) is 1. The fourth-order valence-electron chi connectivity index (χ4n) is 2.64. The van der Waals surface area contributed by atoms with E-state index in [-0.39, 0.29) is 5.78 Å². The lowest BCUT2D eigenvalue weighted by atomic mass is 10.1. The van der Waals surface area contributed by atoms with Crippen molar-refractivity contribution in [2.45, 2.75) is 0 Å². The zero-order chi connectivity index (χ0) is 15.8. The highest BCUT2D eigenvalue weighted by Gasteiger charge is 2.10. The molecular formula is C19H13NO2S. The van der Waals surface area contributed by atoms with E-state index in [0.29, 0.717) is 5.56 Å². The Kier molecular flexibility index (Phi) is 3.41. The summed E-state index contributed by atoms with van der Waals surface area (Å²) >= 11 is 1.56. The molecule has 0 aliphatic rings. The van der Waals surface area contributed by atoms with Crippen molar-refractivity contribution < 1.29 is 9.90 Å². The molecule has 3 aromatic carbocycles. The first kappa shape index (κ1) is 14.1. The van der Waals surface area contributed by atoms with Gasteiger partial charge < -0.3 is 5.11 Å². The van der Waals surface area contributed by atoms with Gasteiger partial charge in [0.25, 0.3) is 0 Å². The van der Waals surface area contributed by atoms with Gasteiger partial charge in [0.2, 0.25) is 0 Å². The van der Waals surface area contributed by atoms with E-state index < -0.39 is 6.61 Å². The lowest BCUT2D eigenvalue weighted by Gasteiger charge is -2.00. The summed E-state index contributed by atoms with van der Waals surface area (Å²) in [4.78, 5) is 16.3. The number of carbonyl (C=O) groups is 1. The number of hydrogen-bond acceptors (Lipinski definition) is 4. The van der Waals surface area contributed by atoms with Crippen LogP contribution in [0.25, 0.3) is 31.6 Å². The predicted molar refractivity (Wildman–Crippen MR) is 94.0 cm³/mol. The van der Waals surface area contributed by atoms with Crippen LogP contribution in [0.1, 0.15) is 10.4 Å². The highest BCUT2D eigenvalue weighted by Crippen LogP contribution is 2.32. The Balaban J connectivity index is 1.82. The van der Waals surface area contributed by atoms with Gasteiger partial charge in [0.15, 0.2) is 5.78 Å². The molecular weight excluding hydrogens is 306 g/mol. The maximum Gasteiger partial charge on any atom is 0.188 e. The zero-order valence-electron chi connectivity index (χ0n) is 12.2. The van der Waals surface area contributed by atoms with Gasteiger partial charge in [-0.15, -0.1) is 11.3 Å². The third-order valence-electron chi connectivity index (χ3n) is 3.85. The van der Waals surface area contributed by atoms with E-state index >= 15 is 0 Å². The van der Waals surface area contributed by atoms with Crippen molar-refractivity contribution in [1.29, 1.82) is 0 Å². The van der Waals surface area contributed by atoms with Crippen LogP contribution in [0.5, 0.6) is 0 Å². The number of aliphatic hydroxyl groups is 1. The molecule has 3 nitrogen and oxygen atoms in total. The summed E-state index contributed by atoms with van der Waals surface area (Å²) < 4.78 is 0.951. The van der Waals surface area contributed by atoms with Crippen molar-refractivity contribution in [3.63, 3.8) is 0 Å². The van der Waals surface area contributed by atoms with E-state index in [0.717, 1.165) is 20.8 Å². The third kappa shape index (κ3) is 2.52. The molecule has 0 fully saturated rings. The maximum atomic E-state index is 11.6. The van der Waals surface area contributed by atoms with Crippen molar-refractivity contribution in [3.8, 4) is 10.6 Å². The standard InChI is InChI=1S/C19H13NO2S/c21-11-17(22)14-7-8-16-18(10-14)23-19(20-16)15-6-5-12-3-1-2-4-13(12)9-15/h1-10,21H,11H2. The van der Waals surface area contributed by atoms with Crippen LogP contribution in [0.15, 0.2) is 60.7 Å². The normalized spacial score (nSPS) is 11.2. The van der Waals surface area contributed by atoms with Crippen LogP contribution < -0.4 is 0 Å². The summed E-state index contributed by atoms with van der Waals surface area (Å²) in [6, 6.07) is 19.9. The SMILES string of the molecule is O=C(CO)c1ccc2nc(-c3ccc4ccccc4c3)sc2c1. The average Bonchev–Trinajstić information content (AvgIpc) is 3.03. The van der Waals surface area contributed by atoms with Crippen molar-refractivity contribution in [1.82, 2.24) is 4.98 Å². The van der Waals surface area contributed by atoms with Gasteiger partial charge in [-0.3, -0.25) is 4.79 Å². The van der Waals surface area contributed by atoms with Crippen molar-refractivity contribution in [2.24, 2.45) is 0 Å². The number of fused-ring (bicyclic) bond motifs is 2.